The van der Waals surface area contributed by atoms with Crippen LogP contribution < -0.4 is 10.5 Å². The van der Waals surface area contributed by atoms with E-state index in [0.29, 0.717) is 11.5 Å². The Morgan fingerprint density at radius 1 is 1.32 bits per heavy atom. The van der Waals surface area contributed by atoms with Gasteiger partial charge in [-0.2, -0.15) is 0 Å². The van der Waals surface area contributed by atoms with Crippen molar-refractivity contribution < 1.29 is 9.53 Å². The third-order valence-corrected chi connectivity index (χ3v) is 7.52. The Kier molecular flexibility index (Phi) is 4.02. The number of nitrogens with zero attached hydrogens (tertiary/aromatic N) is 3. The number of likely N-dealkylation sites (N-methyl/N-ethyl adjacent to an activating group) is 1. The minimum Gasteiger partial charge on any atom is -0.495 e. The van der Waals surface area contributed by atoms with Gasteiger partial charge in [0.1, 0.15) is 17.8 Å². The van der Waals surface area contributed by atoms with Gasteiger partial charge in [-0.3, -0.25) is 4.79 Å². The Morgan fingerprint density at radius 3 is 2.93 bits per heavy atom. The number of imidazole rings is 1. The van der Waals surface area contributed by atoms with Crippen LogP contribution in [0.25, 0.3) is 5.69 Å². The molecule has 28 heavy (non-hydrogen) atoms. The lowest BCUT2D eigenvalue weighted by Gasteiger charge is -2.58. The Balaban J connectivity index is 1.66. The maximum absolute atomic E-state index is 11.5. The van der Waals surface area contributed by atoms with E-state index in [4.69, 9.17) is 10.5 Å². The molecule has 1 saturated heterocycles. The van der Waals surface area contributed by atoms with E-state index in [1.807, 2.05) is 4.57 Å². The lowest BCUT2D eigenvalue weighted by Crippen LogP contribution is -2.59. The van der Waals surface area contributed by atoms with E-state index in [-0.39, 0.29) is 5.69 Å². The van der Waals surface area contributed by atoms with Crippen LogP contribution in [-0.4, -0.2) is 47.1 Å². The van der Waals surface area contributed by atoms with Crippen molar-refractivity contribution >= 4 is 5.91 Å². The number of hydrogen-bond donors (Lipinski definition) is 1. The molecule has 1 amide bonds. The molecule has 1 unspecified atom stereocenters. The van der Waals surface area contributed by atoms with Gasteiger partial charge in [-0.25, -0.2) is 4.98 Å². The number of amides is 1. The zero-order chi connectivity index (χ0) is 19.5. The number of aromatic nitrogens is 2. The van der Waals surface area contributed by atoms with Crippen LogP contribution in [0.4, 0.5) is 0 Å². The van der Waals surface area contributed by atoms with Crippen molar-refractivity contribution in [3.05, 3.63) is 41.5 Å². The van der Waals surface area contributed by atoms with Crippen LogP contribution in [-0.2, 0) is 11.8 Å². The number of benzene rings is 1. The molecule has 148 valence electrons. The molecule has 2 aliphatic carbocycles. The maximum Gasteiger partial charge on any atom is 0.268 e. The Bertz CT molecular complexity index is 937. The first kappa shape index (κ1) is 17.7. The van der Waals surface area contributed by atoms with Crippen LogP contribution in [0.3, 0.4) is 0 Å². The molecule has 1 aromatic heterocycles. The van der Waals surface area contributed by atoms with Gasteiger partial charge in [0, 0.05) is 17.7 Å². The molecule has 6 nitrogen and oxygen atoms in total. The summed E-state index contributed by atoms with van der Waals surface area (Å²) in [6, 6.07) is 5.14. The van der Waals surface area contributed by atoms with Crippen molar-refractivity contribution in [1.29, 1.82) is 0 Å². The Hall–Kier alpha value is -2.34. The number of hydrogen-bond acceptors (Lipinski definition) is 4. The number of carbonyl (C=O) groups is 1. The lowest BCUT2D eigenvalue weighted by atomic mass is 9.52. The van der Waals surface area contributed by atoms with E-state index in [1.54, 1.807) is 19.6 Å². The second-order valence-electron chi connectivity index (χ2n) is 8.72. The summed E-state index contributed by atoms with van der Waals surface area (Å²) in [5.74, 6) is 1.07. The van der Waals surface area contributed by atoms with E-state index < -0.39 is 5.91 Å². The van der Waals surface area contributed by atoms with Gasteiger partial charge in [-0.1, -0.05) is 12.8 Å². The van der Waals surface area contributed by atoms with Crippen LogP contribution in [0.2, 0.25) is 0 Å². The average Bonchev–Trinajstić information content (AvgIpc) is 3.20. The molecule has 2 heterocycles. The molecule has 3 aliphatic rings. The maximum atomic E-state index is 11.5. The summed E-state index contributed by atoms with van der Waals surface area (Å²) in [6.07, 6.45) is 10.9. The van der Waals surface area contributed by atoms with Crippen LogP contribution in [0.5, 0.6) is 5.75 Å². The molecule has 2 N–H and O–H groups in total. The zero-order valence-corrected chi connectivity index (χ0v) is 16.6. The van der Waals surface area contributed by atoms with Crippen molar-refractivity contribution in [3.63, 3.8) is 0 Å². The molecule has 6 heteroatoms. The van der Waals surface area contributed by atoms with Gasteiger partial charge in [-0.05, 0) is 68.5 Å². The summed E-state index contributed by atoms with van der Waals surface area (Å²) in [5, 5.41) is 0. The van der Waals surface area contributed by atoms with Gasteiger partial charge in [0.05, 0.1) is 12.8 Å². The second-order valence-corrected chi connectivity index (χ2v) is 8.72. The van der Waals surface area contributed by atoms with Crippen LogP contribution >= 0.6 is 0 Å². The molecule has 2 fully saturated rings. The first-order chi connectivity index (χ1) is 13.5. The zero-order valence-electron chi connectivity index (χ0n) is 16.6. The summed E-state index contributed by atoms with van der Waals surface area (Å²) in [4.78, 5) is 18.2. The predicted octanol–water partition coefficient (Wildman–Crippen LogP) is 2.67. The predicted molar refractivity (Wildman–Crippen MR) is 107 cm³/mol. The van der Waals surface area contributed by atoms with E-state index in [9.17, 15) is 4.79 Å². The van der Waals surface area contributed by atoms with Crippen molar-refractivity contribution in [3.8, 4) is 11.4 Å². The summed E-state index contributed by atoms with van der Waals surface area (Å²) < 4.78 is 7.65. The summed E-state index contributed by atoms with van der Waals surface area (Å²) in [7, 11) is 4.00. The molecule has 3 atom stereocenters. The number of primary amides is 1. The highest BCUT2D eigenvalue weighted by atomic mass is 16.5. The van der Waals surface area contributed by atoms with E-state index in [0.717, 1.165) is 23.8 Å². The molecule has 1 saturated carbocycles. The third kappa shape index (κ3) is 2.43. The molecule has 1 aliphatic heterocycles. The van der Waals surface area contributed by atoms with E-state index in [2.05, 4.69) is 29.1 Å². The summed E-state index contributed by atoms with van der Waals surface area (Å²) in [5.41, 5.74) is 9.78. The average molecular weight is 380 g/mol. The number of piperidine rings is 1. The number of rotatable bonds is 3. The fourth-order valence-electron chi connectivity index (χ4n) is 6.17. The number of carbonyl (C=O) groups excluding carboxylic acids is 1. The molecular weight excluding hydrogens is 352 g/mol. The van der Waals surface area contributed by atoms with Crippen LogP contribution in [0.15, 0.2) is 24.7 Å². The molecule has 2 aromatic rings. The topological polar surface area (TPSA) is 73.4 Å². The molecule has 0 spiro atoms. The second kappa shape index (κ2) is 6.34. The highest BCUT2D eigenvalue weighted by Crippen LogP contribution is 2.56. The SMILES string of the molecule is COc1cc2c(cc1-n1cnc(C(N)=O)c1)C[C@H]1C3CCCC[C@@]23CCN1C. The first-order valence-electron chi connectivity index (χ1n) is 10.3. The normalized spacial score (nSPS) is 29.1. The molecule has 1 aromatic carbocycles. The number of ether oxygens (including phenoxy) is 1. The fourth-order valence-corrected chi connectivity index (χ4v) is 6.17. The molecule has 0 radical (unpaired) electrons. The monoisotopic (exact) mass is 380 g/mol. The third-order valence-electron chi connectivity index (χ3n) is 7.52. The van der Waals surface area contributed by atoms with Gasteiger partial charge in [0.2, 0.25) is 0 Å². The van der Waals surface area contributed by atoms with Crippen molar-refractivity contribution in [2.75, 3.05) is 20.7 Å². The highest BCUT2D eigenvalue weighted by molar-refractivity contribution is 5.90. The van der Waals surface area contributed by atoms with Gasteiger partial charge in [-0.15, -0.1) is 0 Å². The number of fused-ring (bicyclic) bond motifs is 1. The standard InChI is InChI=1S/C22H28N4O2/c1-25-8-7-22-6-4-3-5-15(22)18(25)9-14-10-19(20(28-2)11-16(14)22)26-12-17(21(23)27)24-13-26/h10-13,15,18H,3-9H2,1-2H3,(H2,23,27)/t15?,18-,22-/m0/s1. The molecule has 2 bridgehead atoms. The number of likely N-dealkylation sites (tertiary alicyclic amines) is 1. The minimum absolute atomic E-state index is 0.266. The van der Waals surface area contributed by atoms with E-state index >= 15 is 0 Å². The van der Waals surface area contributed by atoms with Gasteiger partial charge >= 0.3 is 0 Å². The quantitative estimate of drug-likeness (QED) is 0.888. The van der Waals surface area contributed by atoms with Crippen molar-refractivity contribution in [1.82, 2.24) is 14.5 Å². The van der Waals surface area contributed by atoms with Gasteiger partial charge < -0.3 is 19.9 Å². The van der Waals surface area contributed by atoms with E-state index in [1.165, 1.54) is 49.8 Å². The number of methoxy groups -OCH3 is 1. The number of nitrogens with two attached hydrogens (primary N) is 1. The minimum atomic E-state index is -0.518. The lowest BCUT2D eigenvalue weighted by molar-refractivity contribution is 0.00274. The van der Waals surface area contributed by atoms with Gasteiger partial charge in [0.25, 0.3) is 5.91 Å². The summed E-state index contributed by atoms with van der Waals surface area (Å²) >= 11 is 0. The van der Waals surface area contributed by atoms with Crippen molar-refractivity contribution in [2.45, 2.75) is 50.0 Å². The largest absolute Gasteiger partial charge is 0.495 e. The Morgan fingerprint density at radius 2 is 2.18 bits per heavy atom. The van der Waals surface area contributed by atoms with Crippen LogP contribution in [0, 0.1) is 5.92 Å². The Labute approximate surface area is 165 Å². The molecular formula is C22H28N4O2. The highest BCUT2D eigenvalue weighted by Gasteiger charge is 2.53. The van der Waals surface area contributed by atoms with Gasteiger partial charge in [0.15, 0.2) is 0 Å². The van der Waals surface area contributed by atoms with Crippen LogP contribution in [0.1, 0.15) is 53.7 Å². The fraction of sp³-hybridized carbons (Fsp3) is 0.545. The first-order valence-corrected chi connectivity index (χ1v) is 10.3. The smallest absolute Gasteiger partial charge is 0.268 e. The molecule has 5 rings (SSSR count). The summed E-state index contributed by atoms with van der Waals surface area (Å²) in [6.45, 7) is 1.17. The van der Waals surface area contributed by atoms with Crippen molar-refractivity contribution in [2.24, 2.45) is 11.7 Å².